The second-order valence-electron chi connectivity index (χ2n) is 3.88. The van der Waals surface area contributed by atoms with E-state index in [0.29, 0.717) is 22.8 Å². The van der Waals surface area contributed by atoms with Crippen molar-refractivity contribution in [2.75, 3.05) is 7.11 Å². The van der Waals surface area contributed by atoms with Gasteiger partial charge in [0, 0.05) is 6.07 Å². The smallest absolute Gasteiger partial charge is 0.169 e. The van der Waals surface area contributed by atoms with E-state index < -0.39 is 0 Å². The molecule has 0 heterocycles. The Morgan fingerprint density at radius 3 is 2.42 bits per heavy atom. The first-order valence-electron chi connectivity index (χ1n) is 5.72. The van der Waals surface area contributed by atoms with Gasteiger partial charge in [-0.1, -0.05) is 12.1 Å². The van der Waals surface area contributed by atoms with Crippen LogP contribution in [0, 0.1) is 11.3 Å². The number of aliphatic hydroxyl groups is 1. The van der Waals surface area contributed by atoms with E-state index in [1.54, 1.807) is 42.5 Å². The van der Waals surface area contributed by atoms with Gasteiger partial charge in [0.05, 0.1) is 25.3 Å². The minimum absolute atomic E-state index is 0.000464. The van der Waals surface area contributed by atoms with E-state index in [2.05, 4.69) is 0 Å². The van der Waals surface area contributed by atoms with Crippen molar-refractivity contribution in [3.05, 3.63) is 53.6 Å². The Kier molecular flexibility index (Phi) is 4.01. The molecular formula is C15H13NO3. The summed E-state index contributed by atoms with van der Waals surface area (Å²) in [5.74, 6) is 1.68. The number of nitriles is 1. The number of hydrogen-bond donors (Lipinski definition) is 1. The van der Waals surface area contributed by atoms with E-state index in [1.165, 1.54) is 7.11 Å². The number of ether oxygens (including phenoxy) is 2. The maximum Gasteiger partial charge on any atom is 0.169 e. The van der Waals surface area contributed by atoms with Gasteiger partial charge in [-0.3, -0.25) is 0 Å². The lowest BCUT2D eigenvalue weighted by Gasteiger charge is -2.10. The molecule has 19 heavy (non-hydrogen) atoms. The number of rotatable bonds is 4. The van der Waals surface area contributed by atoms with Gasteiger partial charge in [0.25, 0.3) is 0 Å². The normalized spacial score (nSPS) is 9.74. The van der Waals surface area contributed by atoms with Crippen molar-refractivity contribution < 1.29 is 14.6 Å². The molecule has 0 atom stereocenters. The highest BCUT2D eigenvalue weighted by Crippen LogP contribution is 2.32. The van der Waals surface area contributed by atoms with E-state index in [-0.39, 0.29) is 6.61 Å². The third-order valence-corrected chi connectivity index (χ3v) is 2.63. The number of benzene rings is 2. The SMILES string of the molecule is COc1cc(C#N)ccc1Oc1ccc(CO)cc1. The number of aliphatic hydroxyl groups excluding tert-OH is 1. The fourth-order valence-corrected chi connectivity index (χ4v) is 1.61. The second-order valence-corrected chi connectivity index (χ2v) is 3.88. The molecule has 0 unspecified atom stereocenters. The van der Waals surface area contributed by atoms with Crippen molar-refractivity contribution in [2.45, 2.75) is 6.61 Å². The molecular weight excluding hydrogens is 242 g/mol. The van der Waals surface area contributed by atoms with Gasteiger partial charge in [0.2, 0.25) is 0 Å². The first-order chi connectivity index (χ1) is 9.26. The highest BCUT2D eigenvalue weighted by Gasteiger charge is 2.07. The Hall–Kier alpha value is -2.51. The highest BCUT2D eigenvalue weighted by atomic mass is 16.5. The predicted octanol–water partition coefficient (Wildman–Crippen LogP) is 2.85. The zero-order chi connectivity index (χ0) is 13.7. The minimum Gasteiger partial charge on any atom is -0.493 e. The summed E-state index contributed by atoms with van der Waals surface area (Å²) in [5.41, 5.74) is 1.33. The quantitative estimate of drug-likeness (QED) is 0.912. The highest BCUT2D eigenvalue weighted by molar-refractivity contribution is 5.48. The largest absolute Gasteiger partial charge is 0.493 e. The molecule has 1 N–H and O–H groups in total. The van der Waals surface area contributed by atoms with Crippen LogP contribution in [0.15, 0.2) is 42.5 Å². The summed E-state index contributed by atoms with van der Waals surface area (Å²) >= 11 is 0. The lowest BCUT2D eigenvalue weighted by molar-refractivity contribution is 0.281. The maximum atomic E-state index is 8.97. The Morgan fingerprint density at radius 1 is 1.11 bits per heavy atom. The summed E-state index contributed by atoms with van der Waals surface area (Å²) < 4.78 is 10.9. The van der Waals surface area contributed by atoms with Crippen molar-refractivity contribution in [1.29, 1.82) is 5.26 Å². The van der Waals surface area contributed by atoms with Crippen molar-refractivity contribution in [2.24, 2.45) is 0 Å². The van der Waals surface area contributed by atoms with Crippen LogP contribution in [0.3, 0.4) is 0 Å². The van der Waals surface area contributed by atoms with Crippen LogP contribution in [0.4, 0.5) is 0 Å². The standard InChI is InChI=1S/C15H13NO3/c1-18-15-8-12(9-16)4-7-14(15)19-13-5-2-11(10-17)3-6-13/h2-8,17H,10H2,1H3. The third kappa shape index (κ3) is 3.03. The van der Waals surface area contributed by atoms with Crippen molar-refractivity contribution >= 4 is 0 Å². The van der Waals surface area contributed by atoms with Crippen LogP contribution in [0.1, 0.15) is 11.1 Å². The lowest BCUT2D eigenvalue weighted by atomic mass is 10.2. The molecule has 96 valence electrons. The van der Waals surface area contributed by atoms with Gasteiger partial charge >= 0.3 is 0 Å². The van der Waals surface area contributed by atoms with Crippen molar-refractivity contribution in [3.63, 3.8) is 0 Å². The summed E-state index contributed by atoms with van der Waals surface area (Å²) in [6.45, 7) is 0.000464. The molecule has 0 amide bonds. The molecule has 0 aliphatic heterocycles. The molecule has 0 fully saturated rings. The molecule has 0 aliphatic carbocycles. The van der Waals surface area contributed by atoms with Crippen LogP contribution in [-0.2, 0) is 6.61 Å². The molecule has 0 radical (unpaired) electrons. The summed E-state index contributed by atoms with van der Waals surface area (Å²) in [4.78, 5) is 0. The molecule has 2 rings (SSSR count). The van der Waals surface area contributed by atoms with E-state index in [4.69, 9.17) is 19.8 Å². The van der Waals surface area contributed by atoms with Gasteiger partial charge in [-0.05, 0) is 29.8 Å². The Morgan fingerprint density at radius 2 is 1.84 bits per heavy atom. The summed E-state index contributed by atoms with van der Waals surface area (Å²) in [6, 6.07) is 14.1. The Balaban J connectivity index is 2.24. The molecule has 4 heteroatoms. The van der Waals surface area contributed by atoms with Crippen LogP contribution in [0.5, 0.6) is 17.2 Å². The van der Waals surface area contributed by atoms with E-state index in [9.17, 15) is 0 Å². The zero-order valence-electron chi connectivity index (χ0n) is 10.5. The van der Waals surface area contributed by atoms with E-state index >= 15 is 0 Å². The third-order valence-electron chi connectivity index (χ3n) is 2.63. The fourth-order valence-electron chi connectivity index (χ4n) is 1.61. The molecule has 2 aromatic carbocycles. The van der Waals surface area contributed by atoms with Gasteiger partial charge in [-0.25, -0.2) is 0 Å². The summed E-state index contributed by atoms with van der Waals surface area (Å²) in [6.07, 6.45) is 0. The zero-order valence-corrected chi connectivity index (χ0v) is 10.5. The van der Waals surface area contributed by atoms with Crippen LogP contribution in [0.2, 0.25) is 0 Å². The molecule has 0 aromatic heterocycles. The van der Waals surface area contributed by atoms with Gasteiger partial charge < -0.3 is 14.6 Å². The first kappa shape index (κ1) is 12.9. The molecule has 0 bridgehead atoms. The molecule has 0 saturated carbocycles. The monoisotopic (exact) mass is 255 g/mol. The number of methoxy groups -OCH3 is 1. The van der Waals surface area contributed by atoms with Gasteiger partial charge in [0.1, 0.15) is 5.75 Å². The minimum atomic E-state index is 0.000464. The van der Waals surface area contributed by atoms with Crippen LogP contribution >= 0.6 is 0 Å². The number of nitrogens with zero attached hydrogens (tertiary/aromatic N) is 1. The van der Waals surface area contributed by atoms with Gasteiger partial charge in [0.15, 0.2) is 11.5 Å². The average molecular weight is 255 g/mol. The first-order valence-corrected chi connectivity index (χ1v) is 5.72. The van der Waals surface area contributed by atoms with Crippen molar-refractivity contribution in [3.8, 4) is 23.3 Å². The topological polar surface area (TPSA) is 62.5 Å². The summed E-state index contributed by atoms with van der Waals surface area (Å²) in [5, 5.41) is 17.8. The van der Waals surface area contributed by atoms with Gasteiger partial charge in [-0.2, -0.15) is 5.26 Å². The van der Waals surface area contributed by atoms with Crippen LogP contribution < -0.4 is 9.47 Å². The van der Waals surface area contributed by atoms with E-state index in [1.807, 2.05) is 6.07 Å². The van der Waals surface area contributed by atoms with Crippen LogP contribution in [0.25, 0.3) is 0 Å². The molecule has 0 saturated heterocycles. The molecule has 4 nitrogen and oxygen atoms in total. The maximum absolute atomic E-state index is 8.97. The van der Waals surface area contributed by atoms with Crippen molar-refractivity contribution in [1.82, 2.24) is 0 Å². The second kappa shape index (κ2) is 5.89. The Bertz CT molecular complexity index is 600. The summed E-state index contributed by atoms with van der Waals surface area (Å²) in [7, 11) is 1.53. The van der Waals surface area contributed by atoms with E-state index in [0.717, 1.165) is 5.56 Å². The Labute approximate surface area is 111 Å². The molecule has 0 aliphatic rings. The average Bonchev–Trinajstić information content (AvgIpc) is 2.48. The molecule has 0 spiro atoms. The fraction of sp³-hybridized carbons (Fsp3) is 0.133. The number of hydrogen-bond acceptors (Lipinski definition) is 4. The van der Waals surface area contributed by atoms with Gasteiger partial charge in [-0.15, -0.1) is 0 Å². The van der Waals surface area contributed by atoms with Crippen LogP contribution in [-0.4, -0.2) is 12.2 Å². The predicted molar refractivity (Wildman–Crippen MR) is 70.1 cm³/mol. The lowest BCUT2D eigenvalue weighted by Crippen LogP contribution is -1.91. The molecule has 2 aromatic rings.